The zero-order chi connectivity index (χ0) is 19.4. The molecule has 0 aliphatic heterocycles. The van der Waals surface area contributed by atoms with Gasteiger partial charge in [-0.25, -0.2) is 16.8 Å². The lowest BCUT2D eigenvalue weighted by atomic mass is 10.3. The van der Waals surface area contributed by atoms with Gasteiger partial charge in [-0.2, -0.15) is 0 Å². The molecule has 0 heterocycles. The van der Waals surface area contributed by atoms with Crippen LogP contribution in [0.5, 0.6) is 0 Å². The molecule has 0 fully saturated rings. The van der Waals surface area contributed by atoms with Crippen molar-refractivity contribution in [3.05, 3.63) is 75.2 Å². The third-order valence-electron chi connectivity index (χ3n) is 3.27. The van der Waals surface area contributed by atoms with Gasteiger partial charge in [0.15, 0.2) is 0 Å². The lowest BCUT2D eigenvalue weighted by Crippen LogP contribution is -2.16. The molecule has 2 aromatic carbocycles. The van der Waals surface area contributed by atoms with E-state index in [4.69, 9.17) is 4.74 Å². The highest BCUT2D eigenvalue weighted by atomic mass is 32.3. The number of sulfone groups is 2. The molecule has 2 rings (SSSR count). The van der Waals surface area contributed by atoms with E-state index in [0.717, 1.165) is 18.2 Å². The zero-order valence-corrected chi connectivity index (χ0v) is 15.2. The van der Waals surface area contributed by atoms with Crippen molar-refractivity contribution in [1.82, 2.24) is 0 Å². The number of nitro groups is 1. The van der Waals surface area contributed by atoms with Gasteiger partial charge in [0.2, 0.25) is 23.9 Å². The van der Waals surface area contributed by atoms with Gasteiger partial charge in [0.25, 0.3) is 5.69 Å². The standard InChI is InChI=1S/C16H15NO7S2/c1-2-24-12-16(25(20,21)14-8-4-3-5-9-14)26(22,23)15-10-6-7-13(11-15)17(18)19/h3-12H,2H2,1H3/b16-12+. The fourth-order valence-electron chi connectivity index (χ4n) is 2.02. The number of non-ortho nitro benzene ring substituents is 1. The molecule has 0 atom stereocenters. The Morgan fingerprint density at radius 3 is 2.15 bits per heavy atom. The van der Waals surface area contributed by atoms with E-state index < -0.39 is 39.4 Å². The maximum absolute atomic E-state index is 12.9. The van der Waals surface area contributed by atoms with Crippen LogP contribution in [0.1, 0.15) is 6.92 Å². The number of ether oxygens (including phenoxy) is 1. The molecule has 26 heavy (non-hydrogen) atoms. The van der Waals surface area contributed by atoms with Crippen molar-refractivity contribution < 1.29 is 26.5 Å². The van der Waals surface area contributed by atoms with Crippen LogP contribution in [0.25, 0.3) is 0 Å². The van der Waals surface area contributed by atoms with Crippen LogP contribution < -0.4 is 0 Å². The highest BCUT2D eigenvalue weighted by Crippen LogP contribution is 2.30. The van der Waals surface area contributed by atoms with Crippen molar-refractivity contribution >= 4 is 25.4 Å². The molecule has 0 saturated carbocycles. The number of benzene rings is 2. The van der Waals surface area contributed by atoms with E-state index in [1.807, 2.05) is 0 Å². The molecular formula is C16H15NO7S2. The van der Waals surface area contributed by atoms with Crippen LogP contribution in [-0.2, 0) is 24.4 Å². The highest BCUT2D eigenvalue weighted by molar-refractivity contribution is 8.14. The number of rotatable bonds is 7. The molecule has 0 spiro atoms. The summed E-state index contributed by atoms with van der Waals surface area (Å²) in [5.74, 6) is 0. The van der Waals surface area contributed by atoms with Gasteiger partial charge in [0.1, 0.15) is 6.26 Å². The number of nitro benzene ring substituents is 1. The first-order chi connectivity index (χ1) is 12.2. The summed E-state index contributed by atoms with van der Waals surface area (Å²) in [5.41, 5.74) is -0.473. The van der Waals surface area contributed by atoms with E-state index >= 15 is 0 Å². The smallest absolute Gasteiger partial charge is 0.270 e. The van der Waals surface area contributed by atoms with Crippen molar-refractivity contribution in [2.24, 2.45) is 0 Å². The predicted octanol–water partition coefficient (Wildman–Crippen LogP) is 2.68. The van der Waals surface area contributed by atoms with Crippen LogP contribution in [0.3, 0.4) is 0 Å². The molecule has 0 bridgehead atoms. The largest absolute Gasteiger partial charge is 0.499 e. The molecule has 0 aliphatic carbocycles. The van der Waals surface area contributed by atoms with Gasteiger partial charge in [-0.15, -0.1) is 0 Å². The first-order valence-electron chi connectivity index (χ1n) is 7.32. The molecular weight excluding hydrogens is 382 g/mol. The van der Waals surface area contributed by atoms with E-state index in [2.05, 4.69) is 0 Å². The molecule has 0 radical (unpaired) electrons. The normalized spacial score (nSPS) is 12.6. The number of hydrogen-bond donors (Lipinski definition) is 0. The number of nitrogens with zero attached hydrogens (tertiary/aromatic N) is 1. The third kappa shape index (κ3) is 3.92. The summed E-state index contributed by atoms with van der Waals surface area (Å²) in [6.07, 6.45) is 0.649. The molecule has 0 saturated heterocycles. The summed E-state index contributed by atoms with van der Waals surface area (Å²) in [7, 11) is -9.03. The van der Waals surface area contributed by atoms with E-state index in [1.54, 1.807) is 13.0 Å². The monoisotopic (exact) mass is 397 g/mol. The van der Waals surface area contributed by atoms with Gasteiger partial charge in [-0.1, -0.05) is 24.3 Å². The summed E-state index contributed by atoms with van der Waals surface area (Å²) in [6, 6.07) is 11.1. The second kappa shape index (κ2) is 7.67. The predicted molar refractivity (Wildman–Crippen MR) is 93.6 cm³/mol. The Labute approximate surface area is 150 Å². The highest BCUT2D eigenvalue weighted by Gasteiger charge is 2.35. The van der Waals surface area contributed by atoms with Gasteiger partial charge in [0, 0.05) is 12.1 Å². The van der Waals surface area contributed by atoms with Crippen LogP contribution in [0, 0.1) is 10.1 Å². The van der Waals surface area contributed by atoms with E-state index in [-0.39, 0.29) is 11.5 Å². The fraction of sp³-hybridized carbons (Fsp3) is 0.125. The summed E-state index contributed by atoms with van der Waals surface area (Å²) in [4.78, 5) is 9.37. The van der Waals surface area contributed by atoms with Crippen molar-refractivity contribution in [2.75, 3.05) is 6.61 Å². The topological polar surface area (TPSA) is 121 Å². The molecule has 10 heteroatoms. The van der Waals surface area contributed by atoms with Gasteiger partial charge in [-0.3, -0.25) is 10.1 Å². The van der Waals surface area contributed by atoms with Crippen molar-refractivity contribution in [3.63, 3.8) is 0 Å². The molecule has 2 aromatic rings. The van der Waals surface area contributed by atoms with Crippen molar-refractivity contribution in [3.8, 4) is 0 Å². The van der Waals surface area contributed by atoms with Crippen molar-refractivity contribution in [1.29, 1.82) is 0 Å². The van der Waals surface area contributed by atoms with E-state index in [1.165, 1.54) is 30.3 Å². The summed E-state index contributed by atoms with van der Waals surface area (Å²) >= 11 is 0. The lowest BCUT2D eigenvalue weighted by Gasteiger charge is -2.11. The van der Waals surface area contributed by atoms with Crippen LogP contribution >= 0.6 is 0 Å². The quantitative estimate of drug-likeness (QED) is 0.400. The minimum absolute atomic E-state index is 0.0399. The Hall–Kier alpha value is -2.72. The average Bonchev–Trinajstić information content (AvgIpc) is 2.62. The second-order valence-electron chi connectivity index (χ2n) is 4.97. The Morgan fingerprint density at radius 2 is 1.58 bits per heavy atom. The Morgan fingerprint density at radius 1 is 1.00 bits per heavy atom. The van der Waals surface area contributed by atoms with E-state index in [0.29, 0.717) is 6.26 Å². The van der Waals surface area contributed by atoms with Crippen LogP contribution in [0.4, 0.5) is 5.69 Å². The molecule has 0 aromatic heterocycles. The van der Waals surface area contributed by atoms with Crippen LogP contribution in [-0.4, -0.2) is 28.4 Å². The first kappa shape index (κ1) is 19.6. The Bertz CT molecular complexity index is 1040. The minimum atomic E-state index is -4.59. The van der Waals surface area contributed by atoms with Gasteiger partial charge >= 0.3 is 0 Å². The molecule has 0 amide bonds. The SMILES string of the molecule is CCO/C=C(\S(=O)(=O)c1ccccc1)S(=O)(=O)c1cccc([N+](=O)[O-])c1. The molecule has 8 nitrogen and oxygen atoms in total. The molecule has 138 valence electrons. The third-order valence-corrected chi connectivity index (χ3v) is 7.60. The first-order valence-corrected chi connectivity index (χ1v) is 10.3. The molecule has 0 aliphatic rings. The van der Waals surface area contributed by atoms with Gasteiger partial charge in [-0.05, 0) is 25.1 Å². The summed E-state index contributed by atoms with van der Waals surface area (Å²) < 4.78 is 55.3. The lowest BCUT2D eigenvalue weighted by molar-refractivity contribution is -0.385. The van der Waals surface area contributed by atoms with Gasteiger partial charge < -0.3 is 4.74 Å². The average molecular weight is 397 g/mol. The second-order valence-corrected chi connectivity index (χ2v) is 9.06. The van der Waals surface area contributed by atoms with E-state index in [9.17, 15) is 26.9 Å². The summed E-state index contributed by atoms with van der Waals surface area (Å²) in [6.45, 7) is 1.60. The van der Waals surface area contributed by atoms with Crippen molar-refractivity contribution in [2.45, 2.75) is 16.7 Å². The zero-order valence-electron chi connectivity index (χ0n) is 13.6. The Kier molecular flexibility index (Phi) is 5.78. The maximum atomic E-state index is 12.9. The number of hydrogen-bond acceptors (Lipinski definition) is 7. The fourth-order valence-corrected chi connectivity index (χ4v) is 5.65. The van der Waals surface area contributed by atoms with Gasteiger partial charge in [0.05, 0.1) is 21.3 Å². The minimum Gasteiger partial charge on any atom is -0.499 e. The molecule has 0 N–H and O–H groups in total. The maximum Gasteiger partial charge on any atom is 0.270 e. The van der Waals surface area contributed by atoms with Crippen LogP contribution in [0.15, 0.2) is 74.9 Å². The summed E-state index contributed by atoms with van der Waals surface area (Å²) in [5, 5.41) is 10.9. The van der Waals surface area contributed by atoms with Crippen LogP contribution in [0.2, 0.25) is 0 Å². The molecule has 0 unspecified atom stereocenters. The Balaban J connectivity index is 2.68.